The van der Waals surface area contributed by atoms with Gasteiger partial charge in [0.15, 0.2) is 0 Å². The van der Waals surface area contributed by atoms with Crippen LogP contribution in [0, 0.1) is 0 Å². The van der Waals surface area contributed by atoms with Crippen molar-refractivity contribution >= 4 is 17.4 Å². The number of pyridine rings is 2. The molecule has 6 nitrogen and oxygen atoms in total. The lowest BCUT2D eigenvalue weighted by molar-refractivity contribution is 0.102. The van der Waals surface area contributed by atoms with E-state index in [2.05, 4.69) is 15.2 Å². The smallest absolute Gasteiger partial charge is 0.257 e. The molecule has 2 aromatic heterocycles. The van der Waals surface area contributed by atoms with E-state index in [1.165, 1.54) is 23.5 Å². The first kappa shape index (κ1) is 14.3. The second kappa shape index (κ2) is 6.01. The average molecular weight is 298 g/mol. The van der Waals surface area contributed by atoms with Gasteiger partial charge in [0, 0.05) is 38.0 Å². The molecule has 1 amide bonds. The van der Waals surface area contributed by atoms with Gasteiger partial charge in [-0.2, -0.15) is 0 Å². The summed E-state index contributed by atoms with van der Waals surface area (Å²) in [6.45, 7) is 2.11. The Bertz CT molecular complexity index is 731. The summed E-state index contributed by atoms with van der Waals surface area (Å²) in [5.41, 5.74) is 1.18. The minimum Gasteiger partial charge on any atom is -0.370 e. The molecule has 1 aliphatic rings. The van der Waals surface area contributed by atoms with Crippen molar-refractivity contribution < 1.29 is 4.79 Å². The third kappa shape index (κ3) is 3.00. The molecule has 2 aromatic rings. The SMILES string of the molecule is Cn1ccc(C(=O)Nc2ccc(N3CCCC3)cn2)cc1=O. The number of aromatic nitrogens is 2. The average Bonchev–Trinajstić information content (AvgIpc) is 3.05. The topological polar surface area (TPSA) is 67.2 Å². The lowest BCUT2D eigenvalue weighted by Gasteiger charge is -2.17. The fraction of sp³-hybridized carbons (Fsp3) is 0.312. The molecule has 1 fully saturated rings. The summed E-state index contributed by atoms with van der Waals surface area (Å²) in [6, 6.07) is 6.66. The van der Waals surface area contributed by atoms with Crippen molar-refractivity contribution in [2.45, 2.75) is 12.8 Å². The highest BCUT2D eigenvalue weighted by molar-refractivity contribution is 6.03. The molecule has 0 aliphatic carbocycles. The third-order valence-electron chi connectivity index (χ3n) is 3.83. The molecule has 0 atom stereocenters. The molecular formula is C16H18N4O2. The van der Waals surface area contributed by atoms with Gasteiger partial charge in [-0.1, -0.05) is 0 Å². The fourth-order valence-electron chi connectivity index (χ4n) is 2.50. The van der Waals surface area contributed by atoms with E-state index in [4.69, 9.17) is 0 Å². The van der Waals surface area contributed by atoms with Gasteiger partial charge < -0.3 is 14.8 Å². The quantitative estimate of drug-likeness (QED) is 0.935. The predicted molar refractivity (Wildman–Crippen MR) is 85.3 cm³/mol. The summed E-state index contributed by atoms with van der Waals surface area (Å²) in [6.07, 6.45) is 5.76. The number of hydrogen-bond donors (Lipinski definition) is 1. The largest absolute Gasteiger partial charge is 0.370 e. The standard InChI is InChI=1S/C16H18N4O2/c1-19-9-6-12(10-15(19)21)16(22)18-14-5-4-13(11-17-14)20-7-2-3-8-20/h4-6,9-11H,2-3,7-8H2,1H3,(H,17,18,22). The summed E-state index contributed by atoms with van der Waals surface area (Å²) < 4.78 is 1.42. The first-order valence-corrected chi connectivity index (χ1v) is 7.32. The molecule has 0 radical (unpaired) electrons. The monoisotopic (exact) mass is 298 g/mol. The normalized spacial score (nSPS) is 14.1. The Morgan fingerprint density at radius 1 is 1.23 bits per heavy atom. The predicted octanol–water partition coefficient (Wildman–Crippen LogP) is 1.63. The molecule has 3 rings (SSSR count). The number of hydrogen-bond acceptors (Lipinski definition) is 4. The number of nitrogens with zero attached hydrogens (tertiary/aromatic N) is 3. The van der Waals surface area contributed by atoms with Crippen LogP contribution in [0.15, 0.2) is 41.5 Å². The van der Waals surface area contributed by atoms with Gasteiger partial charge in [-0.15, -0.1) is 0 Å². The van der Waals surface area contributed by atoms with Crippen LogP contribution < -0.4 is 15.8 Å². The molecule has 22 heavy (non-hydrogen) atoms. The summed E-state index contributed by atoms with van der Waals surface area (Å²) in [7, 11) is 1.64. The van der Waals surface area contributed by atoms with E-state index in [-0.39, 0.29) is 11.5 Å². The third-order valence-corrected chi connectivity index (χ3v) is 3.83. The van der Waals surface area contributed by atoms with E-state index in [1.807, 2.05) is 6.07 Å². The minimum absolute atomic E-state index is 0.218. The molecule has 6 heteroatoms. The van der Waals surface area contributed by atoms with Crippen LogP contribution in [-0.2, 0) is 7.05 Å². The first-order valence-electron chi connectivity index (χ1n) is 7.32. The van der Waals surface area contributed by atoms with Gasteiger partial charge in [0.05, 0.1) is 11.9 Å². The molecule has 0 aromatic carbocycles. The molecule has 0 unspecified atom stereocenters. The van der Waals surface area contributed by atoms with Gasteiger partial charge in [0.1, 0.15) is 5.82 Å². The van der Waals surface area contributed by atoms with Crippen molar-refractivity contribution in [1.82, 2.24) is 9.55 Å². The summed E-state index contributed by atoms with van der Waals surface area (Å²) in [4.78, 5) is 30.2. The van der Waals surface area contributed by atoms with Crippen molar-refractivity contribution in [3.63, 3.8) is 0 Å². The molecule has 0 saturated carbocycles. The van der Waals surface area contributed by atoms with Gasteiger partial charge in [0.25, 0.3) is 11.5 Å². The van der Waals surface area contributed by atoms with Crippen LogP contribution in [0.5, 0.6) is 0 Å². The highest BCUT2D eigenvalue weighted by atomic mass is 16.2. The Labute approximate surface area is 128 Å². The molecule has 114 valence electrons. The number of rotatable bonds is 3. The highest BCUT2D eigenvalue weighted by Crippen LogP contribution is 2.20. The van der Waals surface area contributed by atoms with Crippen molar-refractivity contribution in [1.29, 1.82) is 0 Å². The molecule has 0 bridgehead atoms. The van der Waals surface area contributed by atoms with Gasteiger partial charge in [-0.05, 0) is 31.0 Å². The highest BCUT2D eigenvalue weighted by Gasteiger charge is 2.13. The Kier molecular flexibility index (Phi) is 3.91. The zero-order chi connectivity index (χ0) is 15.5. The van der Waals surface area contributed by atoms with Crippen molar-refractivity contribution in [3.05, 3.63) is 52.6 Å². The number of aryl methyl sites for hydroxylation is 1. The zero-order valence-electron chi connectivity index (χ0n) is 12.5. The van der Waals surface area contributed by atoms with E-state index < -0.39 is 0 Å². The van der Waals surface area contributed by atoms with Gasteiger partial charge in [0.2, 0.25) is 0 Å². The molecule has 1 saturated heterocycles. The van der Waals surface area contributed by atoms with Gasteiger partial charge in [-0.3, -0.25) is 9.59 Å². The Morgan fingerprint density at radius 2 is 2.00 bits per heavy atom. The number of carbonyl (C=O) groups is 1. The first-order chi connectivity index (χ1) is 10.6. The summed E-state index contributed by atoms with van der Waals surface area (Å²) >= 11 is 0. The maximum absolute atomic E-state index is 12.1. The van der Waals surface area contributed by atoms with Crippen LogP contribution in [0.4, 0.5) is 11.5 Å². The number of nitrogens with one attached hydrogen (secondary N) is 1. The van der Waals surface area contributed by atoms with Crippen LogP contribution in [0.25, 0.3) is 0 Å². The van der Waals surface area contributed by atoms with Crippen molar-refractivity contribution in [3.8, 4) is 0 Å². The van der Waals surface area contributed by atoms with E-state index in [1.54, 1.807) is 31.6 Å². The lowest BCUT2D eigenvalue weighted by Crippen LogP contribution is -2.20. The number of carbonyl (C=O) groups excluding carboxylic acids is 1. The molecule has 1 aliphatic heterocycles. The van der Waals surface area contributed by atoms with E-state index >= 15 is 0 Å². The van der Waals surface area contributed by atoms with E-state index in [0.717, 1.165) is 18.8 Å². The van der Waals surface area contributed by atoms with E-state index in [9.17, 15) is 9.59 Å². The number of amides is 1. The second-order valence-electron chi connectivity index (χ2n) is 5.41. The number of anilines is 2. The van der Waals surface area contributed by atoms with Crippen LogP contribution in [0.2, 0.25) is 0 Å². The van der Waals surface area contributed by atoms with Crippen LogP contribution in [0.3, 0.4) is 0 Å². The van der Waals surface area contributed by atoms with Crippen molar-refractivity contribution in [2.24, 2.45) is 7.05 Å². The second-order valence-corrected chi connectivity index (χ2v) is 5.41. The zero-order valence-corrected chi connectivity index (χ0v) is 12.5. The molecule has 1 N–H and O–H groups in total. The van der Waals surface area contributed by atoms with Crippen LogP contribution >= 0.6 is 0 Å². The minimum atomic E-state index is -0.334. The maximum Gasteiger partial charge on any atom is 0.257 e. The van der Waals surface area contributed by atoms with Crippen LogP contribution in [-0.4, -0.2) is 28.5 Å². The lowest BCUT2D eigenvalue weighted by atomic mass is 10.2. The maximum atomic E-state index is 12.1. The fourth-order valence-corrected chi connectivity index (χ4v) is 2.50. The molecule has 0 spiro atoms. The molecule has 3 heterocycles. The van der Waals surface area contributed by atoms with E-state index in [0.29, 0.717) is 11.4 Å². The molecular weight excluding hydrogens is 280 g/mol. The Hall–Kier alpha value is -2.63. The Balaban J connectivity index is 1.70. The Morgan fingerprint density at radius 3 is 2.64 bits per heavy atom. The summed E-state index contributed by atoms with van der Waals surface area (Å²) in [5, 5.41) is 2.71. The van der Waals surface area contributed by atoms with Crippen LogP contribution in [0.1, 0.15) is 23.2 Å². The van der Waals surface area contributed by atoms with Gasteiger partial charge >= 0.3 is 0 Å². The van der Waals surface area contributed by atoms with Gasteiger partial charge in [-0.25, -0.2) is 4.98 Å². The van der Waals surface area contributed by atoms with Crippen molar-refractivity contribution in [2.75, 3.05) is 23.3 Å². The summed E-state index contributed by atoms with van der Waals surface area (Å²) in [5.74, 6) is 0.146.